The highest BCUT2D eigenvalue weighted by molar-refractivity contribution is 7.06. The van der Waals surface area contributed by atoms with Crippen LogP contribution in [-0.4, -0.2) is 23.0 Å². The fourth-order valence-corrected chi connectivity index (χ4v) is 1.58. The van der Waals surface area contributed by atoms with E-state index in [1.54, 1.807) is 5.51 Å². The number of rotatable bonds is 5. The summed E-state index contributed by atoms with van der Waals surface area (Å²) >= 11 is 1.12. The number of aromatic nitrogens is 2. The van der Waals surface area contributed by atoms with Crippen molar-refractivity contribution in [2.75, 3.05) is 13.2 Å². The molecule has 0 bridgehead atoms. The molecule has 0 amide bonds. The van der Waals surface area contributed by atoms with Gasteiger partial charge in [0.15, 0.2) is 0 Å². The van der Waals surface area contributed by atoms with Gasteiger partial charge in [-0.3, -0.25) is 4.79 Å². The van der Waals surface area contributed by atoms with E-state index in [1.165, 1.54) is 17.5 Å². The van der Waals surface area contributed by atoms with Gasteiger partial charge < -0.3 is 4.74 Å². The Morgan fingerprint density at radius 1 is 1.69 bits per heavy atom. The average molecular weight is 200 g/mol. The van der Waals surface area contributed by atoms with Crippen LogP contribution in [0, 0.1) is 5.92 Å². The molecule has 1 saturated carbocycles. The van der Waals surface area contributed by atoms with Crippen LogP contribution in [0.15, 0.2) is 10.3 Å². The molecule has 2 rings (SSSR count). The molecule has 0 unspecified atom stereocenters. The average Bonchev–Trinajstić information content (AvgIpc) is 2.86. The maximum atomic E-state index is 11.0. The van der Waals surface area contributed by atoms with Crippen molar-refractivity contribution in [3.63, 3.8) is 0 Å². The first-order valence-electron chi connectivity index (χ1n) is 4.44. The summed E-state index contributed by atoms with van der Waals surface area (Å²) in [5, 5.41) is 3.89. The normalized spacial score (nSPS) is 16.3. The summed E-state index contributed by atoms with van der Waals surface area (Å²) in [6.07, 6.45) is 2.60. The molecular formula is C8H12N2O2S. The van der Waals surface area contributed by atoms with Gasteiger partial charge >= 0.3 is 4.87 Å². The Morgan fingerprint density at radius 3 is 3.15 bits per heavy atom. The van der Waals surface area contributed by atoms with Crippen LogP contribution in [0.3, 0.4) is 0 Å². The molecule has 13 heavy (non-hydrogen) atoms. The molecule has 1 aliphatic carbocycles. The lowest BCUT2D eigenvalue weighted by molar-refractivity contribution is 0.114. The topological polar surface area (TPSA) is 44.1 Å². The zero-order chi connectivity index (χ0) is 9.10. The molecule has 1 fully saturated rings. The highest BCUT2D eigenvalue weighted by Crippen LogP contribution is 2.28. The summed E-state index contributed by atoms with van der Waals surface area (Å²) in [6, 6.07) is 0. The van der Waals surface area contributed by atoms with Gasteiger partial charge in [0.2, 0.25) is 0 Å². The molecule has 0 aromatic carbocycles. The van der Waals surface area contributed by atoms with Crippen molar-refractivity contribution in [2.45, 2.75) is 19.4 Å². The number of hydrogen-bond donors (Lipinski definition) is 0. The molecular weight excluding hydrogens is 188 g/mol. The molecule has 1 aromatic rings. The lowest BCUT2D eigenvalue weighted by Crippen LogP contribution is -2.18. The minimum absolute atomic E-state index is 0.00461. The zero-order valence-corrected chi connectivity index (χ0v) is 8.13. The number of hydrogen-bond acceptors (Lipinski definition) is 4. The van der Waals surface area contributed by atoms with E-state index < -0.39 is 0 Å². The summed E-state index contributed by atoms with van der Waals surface area (Å²) in [7, 11) is 0. The van der Waals surface area contributed by atoms with Gasteiger partial charge in [-0.15, -0.1) is 0 Å². The van der Waals surface area contributed by atoms with Crippen molar-refractivity contribution in [1.29, 1.82) is 0 Å². The molecule has 0 spiro atoms. The molecule has 4 nitrogen and oxygen atoms in total. The van der Waals surface area contributed by atoms with Gasteiger partial charge in [-0.1, -0.05) is 11.3 Å². The molecule has 1 heterocycles. The third-order valence-corrected chi connectivity index (χ3v) is 2.66. The lowest BCUT2D eigenvalue weighted by atomic mass is 10.5. The van der Waals surface area contributed by atoms with Crippen LogP contribution in [0.25, 0.3) is 0 Å². The van der Waals surface area contributed by atoms with E-state index in [1.807, 2.05) is 0 Å². The van der Waals surface area contributed by atoms with Crippen molar-refractivity contribution in [1.82, 2.24) is 9.78 Å². The summed E-state index contributed by atoms with van der Waals surface area (Å²) in [5.74, 6) is 0.784. The molecule has 5 heteroatoms. The monoisotopic (exact) mass is 200 g/mol. The first-order chi connectivity index (χ1) is 6.36. The van der Waals surface area contributed by atoms with Crippen molar-refractivity contribution in [3.8, 4) is 0 Å². The second kappa shape index (κ2) is 4.02. The summed E-state index contributed by atoms with van der Waals surface area (Å²) in [5.41, 5.74) is 1.56. The SMILES string of the molecule is O=c1scnn1CCOCC1CC1. The van der Waals surface area contributed by atoms with Crippen molar-refractivity contribution in [3.05, 3.63) is 15.2 Å². The van der Waals surface area contributed by atoms with E-state index in [-0.39, 0.29) is 4.87 Å². The second-order valence-corrected chi connectivity index (χ2v) is 4.04. The Balaban J connectivity index is 1.67. The number of nitrogens with zero attached hydrogens (tertiary/aromatic N) is 2. The second-order valence-electron chi connectivity index (χ2n) is 3.25. The fraction of sp³-hybridized carbons (Fsp3) is 0.750. The molecule has 0 aliphatic heterocycles. The maximum Gasteiger partial charge on any atom is 0.324 e. The Morgan fingerprint density at radius 2 is 2.54 bits per heavy atom. The molecule has 72 valence electrons. The molecule has 1 aromatic heterocycles. The highest BCUT2D eigenvalue weighted by Gasteiger charge is 2.20. The number of ether oxygens (including phenoxy) is 1. The van der Waals surface area contributed by atoms with E-state index >= 15 is 0 Å². The van der Waals surface area contributed by atoms with E-state index in [0.29, 0.717) is 13.2 Å². The molecule has 0 N–H and O–H groups in total. The van der Waals surface area contributed by atoms with Crippen LogP contribution in [0.4, 0.5) is 0 Å². The lowest BCUT2D eigenvalue weighted by Gasteiger charge is -2.01. The van der Waals surface area contributed by atoms with Gasteiger partial charge in [-0.2, -0.15) is 5.10 Å². The Hall–Kier alpha value is -0.680. The van der Waals surface area contributed by atoms with Gasteiger partial charge in [-0.25, -0.2) is 4.68 Å². The zero-order valence-electron chi connectivity index (χ0n) is 7.31. The van der Waals surface area contributed by atoms with Crippen LogP contribution >= 0.6 is 11.3 Å². The largest absolute Gasteiger partial charge is 0.379 e. The third kappa shape index (κ3) is 2.63. The van der Waals surface area contributed by atoms with Gasteiger partial charge in [0.1, 0.15) is 5.51 Å². The Labute approximate surface area is 80.1 Å². The van der Waals surface area contributed by atoms with Crippen LogP contribution in [0.1, 0.15) is 12.8 Å². The standard InChI is InChI=1S/C8H12N2O2S/c11-8-10(9-6-13-8)3-4-12-5-7-1-2-7/h6-7H,1-5H2. The van der Waals surface area contributed by atoms with E-state index in [9.17, 15) is 4.79 Å². The minimum atomic E-state index is -0.00461. The van der Waals surface area contributed by atoms with E-state index in [4.69, 9.17) is 4.74 Å². The van der Waals surface area contributed by atoms with Gasteiger partial charge in [0, 0.05) is 6.61 Å². The first-order valence-corrected chi connectivity index (χ1v) is 5.32. The predicted molar refractivity (Wildman–Crippen MR) is 49.9 cm³/mol. The van der Waals surface area contributed by atoms with Crippen LogP contribution in [0.5, 0.6) is 0 Å². The highest BCUT2D eigenvalue weighted by atomic mass is 32.1. The molecule has 0 radical (unpaired) electrons. The summed E-state index contributed by atoms with van der Waals surface area (Å²) in [4.78, 5) is 11.0. The van der Waals surface area contributed by atoms with Crippen LogP contribution in [-0.2, 0) is 11.3 Å². The smallest absolute Gasteiger partial charge is 0.324 e. The Kier molecular flexibility index (Phi) is 2.75. The fourth-order valence-electron chi connectivity index (χ4n) is 1.07. The molecule has 0 atom stereocenters. The summed E-state index contributed by atoms with van der Waals surface area (Å²) < 4.78 is 6.83. The van der Waals surface area contributed by atoms with Crippen LogP contribution in [0.2, 0.25) is 0 Å². The first kappa shape index (κ1) is 8.90. The van der Waals surface area contributed by atoms with Gasteiger partial charge in [-0.05, 0) is 18.8 Å². The predicted octanol–water partition coefficient (Wildman–Crippen LogP) is 0.731. The van der Waals surface area contributed by atoms with Crippen molar-refractivity contribution >= 4 is 11.3 Å². The summed E-state index contributed by atoms with van der Waals surface area (Å²) in [6.45, 7) is 2.02. The maximum absolute atomic E-state index is 11.0. The van der Waals surface area contributed by atoms with Gasteiger partial charge in [0.25, 0.3) is 0 Å². The van der Waals surface area contributed by atoms with E-state index in [0.717, 1.165) is 23.9 Å². The molecule has 0 saturated heterocycles. The Bertz CT molecular complexity index is 316. The quantitative estimate of drug-likeness (QED) is 0.658. The van der Waals surface area contributed by atoms with Gasteiger partial charge in [0.05, 0.1) is 13.2 Å². The minimum Gasteiger partial charge on any atom is -0.379 e. The van der Waals surface area contributed by atoms with Crippen molar-refractivity contribution in [2.24, 2.45) is 5.92 Å². The third-order valence-electron chi connectivity index (χ3n) is 2.05. The van der Waals surface area contributed by atoms with E-state index in [2.05, 4.69) is 5.10 Å². The molecule has 1 aliphatic rings. The van der Waals surface area contributed by atoms with Crippen LogP contribution < -0.4 is 4.87 Å². The van der Waals surface area contributed by atoms with Crippen molar-refractivity contribution < 1.29 is 4.74 Å².